The largest absolute Gasteiger partial charge is 0.480 e. The Labute approximate surface area is 118 Å². The molecule has 8 heteroatoms. The highest BCUT2D eigenvalue weighted by molar-refractivity contribution is 6.39. The Kier molecular flexibility index (Phi) is 5.14. The summed E-state index contributed by atoms with van der Waals surface area (Å²) in [6.07, 6.45) is 0. The zero-order valence-corrected chi connectivity index (χ0v) is 11.1. The molecule has 19 heavy (non-hydrogen) atoms. The maximum absolute atomic E-state index is 12.1. The summed E-state index contributed by atoms with van der Waals surface area (Å²) in [6, 6.07) is 4.41. The van der Waals surface area contributed by atoms with Gasteiger partial charge in [0.15, 0.2) is 0 Å². The van der Waals surface area contributed by atoms with E-state index >= 15 is 0 Å². The lowest BCUT2D eigenvalue weighted by molar-refractivity contribution is -0.138. The van der Waals surface area contributed by atoms with Gasteiger partial charge in [0.2, 0.25) is 5.91 Å². The average molecular weight is 305 g/mol. The van der Waals surface area contributed by atoms with E-state index in [1.165, 1.54) is 18.2 Å². The number of aliphatic carboxylic acids is 1. The van der Waals surface area contributed by atoms with E-state index in [-0.39, 0.29) is 15.6 Å². The molecule has 0 radical (unpaired) electrons. The lowest BCUT2D eigenvalue weighted by Gasteiger charge is -2.20. The van der Waals surface area contributed by atoms with Crippen molar-refractivity contribution in [3.05, 3.63) is 33.8 Å². The number of carboxylic acids is 1. The fraction of sp³-hybridized carbons (Fsp3) is 0.182. The van der Waals surface area contributed by atoms with Crippen molar-refractivity contribution in [3.8, 4) is 0 Å². The summed E-state index contributed by atoms with van der Waals surface area (Å²) in [4.78, 5) is 34.5. The van der Waals surface area contributed by atoms with Gasteiger partial charge >= 0.3 is 5.97 Å². The molecule has 0 heterocycles. The molecule has 0 aromatic heterocycles. The van der Waals surface area contributed by atoms with Crippen molar-refractivity contribution >= 4 is 41.0 Å². The van der Waals surface area contributed by atoms with Crippen molar-refractivity contribution in [1.29, 1.82) is 0 Å². The predicted molar refractivity (Wildman–Crippen MR) is 69.2 cm³/mol. The fourth-order valence-electron chi connectivity index (χ4n) is 1.41. The van der Waals surface area contributed by atoms with Crippen LogP contribution in [0.5, 0.6) is 0 Å². The van der Waals surface area contributed by atoms with Crippen molar-refractivity contribution in [2.45, 2.75) is 0 Å². The zero-order valence-electron chi connectivity index (χ0n) is 9.60. The van der Waals surface area contributed by atoms with E-state index in [1.807, 2.05) is 0 Å². The molecule has 0 saturated carbocycles. The molecule has 0 aliphatic carbocycles. The number of amides is 2. The molecule has 102 valence electrons. The lowest BCUT2D eigenvalue weighted by atomic mass is 10.2. The van der Waals surface area contributed by atoms with Crippen LogP contribution in [0.4, 0.5) is 0 Å². The van der Waals surface area contributed by atoms with Crippen molar-refractivity contribution in [3.63, 3.8) is 0 Å². The Balaban J connectivity index is 3.11. The minimum absolute atomic E-state index is 0.0617. The number of nitrogens with two attached hydrogens (primary N) is 1. The topological polar surface area (TPSA) is 101 Å². The minimum Gasteiger partial charge on any atom is -0.480 e. The number of carbonyl (C=O) groups excluding carboxylic acids is 2. The molecule has 0 fully saturated rings. The molecule has 0 atom stereocenters. The number of carboxylic acid groups (broad SMARTS) is 1. The standard InChI is InChI=1S/C11H10Cl2N2O4/c12-6-2-1-3-7(13)10(6)11(19)15(4-8(14)16)5-9(17)18/h1-3H,4-5H2,(H2,14,16)(H,17,18). The number of primary amides is 1. The van der Waals surface area contributed by atoms with Crippen LogP contribution in [-0.4, -0.2) is 40.9 Å². The summed E-state index contributed by atoms with van der Waals surface area (Å²) in [6.45, 7) is -1.21. The van der Waals surface area contributed by atoms with E-state index in [0.717, 1.165) is 4.90 Å². The molecule has 0 aliphatic heterocycles. The molecule has 0 spiro atoms. The highest BCUT2D eigenvalue weighted by Gasteiger charge is 2.24. The molecule has 0 saturated heterocycles. The second-order valence-electron chi connectivity index (χ2n) is 3.62. The van der Waals surface area contributed by atoms with Gasteiger partial charge in [0.25, 0.3) is 5.91 Å². The lowest BCUT2D eigenvalue weighted by Crippen LogP contribution is -2.41. The first-order chi connectivity index (χ1) is 8.82. The molecule has 6 nitrogen and oxygen atoms in total. The summed E-state index contributed by atoms with van der Waals surface area (Å²) in [7, 11) is 0. The second-order valence-corrected chi connectivity index (χ2v) is 4.43. The molecule has 0 aliphatic rings. The summed E-state index contributed by atoms with van der Waals surface area (Å²) in [5, 5.41) is 8.85. The molecule has 3 N–H and O–H groups in total. The van der Waals surface area contributed by atoms with E-state index in [4.69, 9.17) is 34.0 Å². The molecular weight excluding hydrogens is 295 g/mol. The van der Waals surface area contributed by atoms with Gasteiger partial charge in [-0.1, -0.05) is 29.3 Å². The highest BCUT2D eigenvalue weighted by Crippen LogP contribution is 2.25. The Bertz CT molecular complexity index is 497. The van der Waals surface area contributed by atoms with Crippen molar-refractivity contribution in [1.82, 2.24) is 4.90 Å². The highest BCUT2D eigenvalue weighted by atomic mass is 35.5. The average Bonchev–Trinajstić information content (AvgIpc) is 2.26. The molecule has 0 bridgehead atoms. The monoisotopic (exact) mass is 304 g/mol. The van der Waals surface area contributed by atoms with Gasteiger partial charge in [0.1, 0.15) is 13.1 Å². The number of hydrogen-bond donors (Lipinski definition) is 2. The van der Waals surface area contributed by atoms with Crippen LogP contribution in [-0.2, 0) is 9.59 Å². The van der Waals surface area contributed by atoms with Crippen LogP contribution < -0.4 is 5.73 Å². The molecular formula is C11H10Cl2N2O4. The Morgan fingerprint density at radius 1 is 1.16 bits per heavy atom. The predicted octanol–water partition coefficient (Wildman–Crippen LogP) is 1.01. The van der Waals surface area contributed by atoms with Gasteiger partial charge < -0.3 is 15.7 Å². The van der Waals surface area contributed by atoms with E-state index < -0.39 is 30.9 Å². The molecule has 1 aromatic carbocycles. The zero-order chi connectivity index (χ0) is 14.6. The van der Waals surface area contributed by atoms with E-state index in [9.17, 15) is 14.4 Å². The summed E-state index contributed by atoms with van der Waals surface area (Å²) in [5.74, 6) is -2.88. The van der Waals surface area contributed by atoms with Gasteiger partial charge in [-0.3, -0.25) is 14.4 Å². The number of rotatable bonds is 5. The Hall–Kier alpha value is -1.79. The smallest absolute Gasteiger partial charge is 0.323 e. The first kappa shape index (κ1) is 15.3. The van der Waals surface area contributed by atoms with Crippen LogP contribution >= 0.6 is 23.2 Å². The summed E-state index contributed by atoms with van der Waals surface area (Å²) in [5.41, 5.74) is 4.91. The number of carbonyl (C=O) groups is 3. The molecule has 0 unspecified atom stereocenters. The van der Waals surface area contributed by atoms with Crippen LogP contribution in [0.3, 0.4) is 0 Å². The molecule has 2 amide bonds. The summed E-state index contributed by atoms with van der Waals surface area (Å²) >= 11 is 11.7. The maximum Gasteiger partial charge on any atom is 0.323 e. The van der Waals surface area contributed by atoms with Gasteiger partial charge in [-0.05, 0) is 12.1 Å². The van der Waals surface area contributed by atoms with Crippen molar-refractivity contribution in [2.24, 2.45) is 5.73 Å². The van der Waals surface area contributed by atoms with Crippen molar-refractivity contribution in [2.75, 3.05) is 13.1 Å². The van der Waals surface area contributed by atoms with Gasteiger partial charge in [-0.15, -0.1) is 0 Å². The SMILES string of the molecule is NC(=O)CN(CC(=O)O)C(=O)c1c(Cl)cccc1Cl. The van der Waals surface area contributed by atoms with E-state index in [0.29, 0.717) is 0 Å². The van der Waals surface area contributed by atoms with E-state index in [1.54, 1.807) is 0 Å². The normalized spacial score (nSPS) is 10.0. The molecule has 1 aromatic rings. The van der Waals surface area contributed by atoms with Crippen LogP contribution in [0, 0.1) is 0 Å². The molecule has 1 rings (SSSR count). The van der Waals surface area contributed by atoms with Crippen LogP contribution in [0.15, 0.2) is 18.2 Å². The first-order valence-electron chi connectivity index (χ1n) is 5.06. The second kappa shape index (κ2) is 6.40. The third-order valence-corrected chi connectivity index (χ3v) is 2.77. The van der Waals surface area contributed by atoms with Crippen molar-refractivity contribution < 1.29 is 19.5 Å². The van der Waals surface area contributed by atoms with Gasteiger partial charge in [0, 0.05) is 0 Å². The number of halogens is 2. The van der Waals surface area contributed by atoms with E-state index in [2.05, 4.69) is 0 Å². The third kappa shape index (κ3) is 4.11. The van der Waals surface area contributed by atoms with Crippen LogP contribution in [0.2, 0.25) is 10.0 Å². The third-order valence-electron chi connectivity index (χ3n) is 2.14. The summed E-state index contributed by atoms with van der Waals surface area (Å²) < 4.78 is 0. The van der Waals surface area contributed by atoms with Crippen LogP contribution in [0.25, 0.3) is 0 Å². The fourth-order valence-corrected chi connectivity index (χ4v) is 1.97. The number of hydrogen-bond acceptors (Lipinski definition) is 3. The Morgan fingerprint density at radius 3 is 2.11 bits per heavy atom. The van der Waals surface area contributed by atoms with Gasteiger partial charge in [0.05, 0.1) is 15.6 Å². The number of nitrogens with zero attached hydrogens (tertiary/aromatic N) is 1. The Morgan fingerprint density at radius 2 is 1.68 bits per heavy atom. The quantitative estimate of drug-likeness (QED) is 0.847. The maximum atomic E-state index is 12.1. The first-order valence-corrected chi connectivity index (χ1v) is 5.82. The minimum atomic E-state index is -1.28. The number of benzene rings is 1. The van der Waals surface area contributed by atoms with Crippen LogP contribution in [0.1, 0.15) is 10.4 Å². The van der Waals surface area contributed by atoms with Gasteiger partial charge in [-0.25, -0.2) is 0 Å². The van der Waals surface area contributed by atoms with Gasteiger partial charge in [-0.2, -0.15) is 0 Å².